The topological polar surface area (TPSA) is 36.4 Å². The molecule has 0 unspecified atom stereocenters. The Morgan fingerprint density at radius 2 is 1.85 bits per heavy atom. The van der Waals surface area contributed by atoms with Gasteiger partial charge in [-0.3, -0.25) is 9.69 Å². The molecule has 0 spiro atoms. The highest BCUT2D eigenvalue weighted by Gasteiger charge is 2.21. The number of thiazole rings is 1. The summed E-state index contributed by atoms with van der Waals surface area (Å²) in [4.78, 5) is 22.0. The van der Waals surface area contributed by atoms with Crippen LogP contribution >= 0.6 is 27.3 Å². The van der Waals surface area contributed by atoms with Crippen molar-refractivity contribution in [3.63, 3.8) is 0 Å². The van der Waals surface area contributed by atoms with Gasteiger partial charge in [-0.2, -0.15) is 0 Å². The molecule has 2 aromatic carbocycles. The fourth-order valence-corrected chi connectivity index (χ4v) is 4.36. The molecule has 0 radical (unpaired) electrons. The van der Waals surface area contributed by atoms with Crippen molar-refractivity contribution >= 4 is 48.5 Å². The number of amides is 1. The van der Waals surface area contributed by atoms with Crippen LogP contribution in [0.15, 0.2) is 40.9 Å². The lowest BCUT2D eigenvalue weighted by Crippen LogP contribution is -2.33. The predicted molar refractivity (Wildman–Crippen MR) is 118 cm³/mol. The molecule has 1 amide bonds. The Balaban J connectivity index is 1.97. The zero-order valence-corrected chi connectivity index (χ0v) is 18.5. The van der Waals surface area contributed by atoms with E-state index in [9.17, 15) is 4.79 Å². The highest BCUT2D eigenvalue weighted by Crippen LogP contribution is 2.32. The van der Waals surface area contributed by atoms with E-state index in [2.05, 4.69) is 46.8 Å². The number of hydrogen-bond acceptors (Lipinski definition) is 4. The standard InChI is InChI=1S/C21H24BrN3OS/c1-14-11-18-19(12-15(14)2)27-21(23-18)25(10-6-9-24(3)4)20(26)16-7-5-8-17(22)13-16/h5,7-8,11-13H,6,9-10H2,1-4H3. The van der Waals surface area contributed by atoms with Gasteiger partial charge < -0.3 is 4.90 Å². The Morgan fingerprint density at radius 3 is 2.56 bits per heavy atom. The first kappa shape index (κ1) is 20.0. The minimum absolute atomic E-state index is 0.0115. The van der Waals surface area contributed by atoms with Gasteiger partial charge in [0.2, 0.25) is 0 Å². The van der Waals surface area contributed by atoms with E-state index in [4.69, 9.17) is 4.98 Å². The van der Waals surface area contributed by atoms with E-state index in [-0.39, 0.29) is 5.91 Å². The Hall–Kier alpha value is -1.76. The Bertz CT molecular complexity index is 928. The quantitative estimate of drug-likeness (QED) is 0.517. The third-order valence-corrected chi connectivity index (χ3v) is 6.06. The van der Waals surface area contributed by atoms with Crippen LogP contribution in [0.1, 0.15) is 27.9 Å². The highest BCUT2D eigenvalue weighted by molar-refractivity contribution is 9.10. The number of benzene rings is 2. The largest absolute Gasteiger partial charge is 0.309 e. The zero-order chi connectivity index (χ0) is 19.6. The van der Waals surface area contributed by atoms with E-state index in [0.29, 0.717) is 12.1 Å². The lowest BCUT2D eigenvalue weighted by molar-refractivity contribution is 0.0986. The van der Waals surface area contributed by atoms with Gasteiger partial charge in [-0.25, -0.2) is 4.98 Å². The summed E-state index contributed by atoms with van der Waals surface area (Å²) < 4.78 is 2.02. The zero-order valence-electron chi connectivity index (χ0n) is 16.1. The number of fused-ring (bicyclic) bond motifs is 1. The lowest BCUT2D eigenvalue weighted by atomic mass is 10.1. The van der Waals surface area contributed by atoms with Crippen LogP contribution in [0.25, 0.3) is 10.2 Å². The van der Waals surface area contributed by atoms with Gasteiger partial charge in [0.05, 0.1) is 10.2 Å². The molecule has 0 aliphatic carbocycles. The average Bonchev–Trinajstić information content (AvgIpc) is 3.00. The van der Waals surface area contributed by atoms with Crippen LogP contribution in [0.5, 0.6) is 0 Å². The Labute approximate surface area is 172 Å². The number of nitrogens with zero attached hydrogens (tertiary/aromatic N) is 3. The first-order valence-corrected chi connectivity index (χ1v) is 10.6. The smallest absolute Gasteiger partial charge is 0.260 e. The number of carbonyl (C=O) groups excluding carboxylic acids is 1. The second-order valence-corrected chi connectivity index (χ2v) is 8.95. The van der Waals surface area contributed by atoms with Crippen molar-refractivity contribution < 1.29 is 4.79 Å². The van der Waals surface area contributed by atoms with Crippen LogP contribution in [0.3, 0.4) is 0 Å². The van der Waals surface area contributed by atoms with Crippen molar-refractivity contribution in [2.24, 2.45) is 0 Å². The normalized spacial score (nSPS) is 11.3. The van der Waals surface area contributed by atoms with Crippen molar-refractivity contribution in [3.8, 4) is 0 Å². The predicted octanol–water partition coefficient (Wildman–Crippen LogP) is 5.27. The van der Waals surface area contributed by atoms with E-state index in [1.165, 1.54) is 11.1 Å². The van der Waals surface area contributed by atoms with Gasteiger partial charge in [-0.05, 0) is 82.4 Å². The molecule has 3 rings (SSSR count). The minimum Gasteiger partial charge on any atom is -0.309 e. The van der Waals surface area contributed by atoms with Gasteiger partial charge in [0.25, 0.3) is 5.91 Å². The van der Waals surface area contributed by atoms with E-state index in [1.807, 2.05) is 43.3 Å². The summed E-state index contributed by atoms with van der Waals surface area (Å²) in [5.74, 6) is -0.0115. The molecule has 0 saturated carbocycles. The number of anilines is 1. The SMILES string of the molecule is Cc1cc2nc(N(CCCN(C)C)C(=O)c3cccc(Br)c3)sc2cc1C. The number of halogens is 1. The van der Waals surface area contributed by atoms with Gasteiger partial charge >= 0.3 is 0 Å². The number of aromatic nitrogens is 1. The monoisotopic (exact) mass is 445 g/mol. The molecule has 0 bridgehead atoms. The van der Waals surface area contributed by atoms with Crippen molar-refractivity contribution in [2.45, 2.75) is 20.3 Å². The molecule has 1 aromatic heterocycles. The van der Waals surface area contributed by atoms with Gasteiger partial charge in [0.1, 0.15) is 0 Å². The Morgan fingerprint density at radius 1 is 1.11 bits per heavy atom. The molecule has 0 aliphatic heterocycles. The fraction of sp³-hybridized carbons (Fsp3) is 0.333. The van der Waals surface area contributed by atoms with E-state index in [1.54, 1.807) is 11.3 Å². The fourth-order valence-electron chi connectivity index (χ4n) is 2.89. The molecule has 6 heteroatoms. The van der Waals surface area contributed by atoms with Gasteiger partial charge in [-0.1, -0.05) is 33.3 Å². The van der Waals surface area contributed by atoms with Crippen LogP contribution in [0, 0.1) is 13.8 Å². The van der Waals surface area contributed by atoms with Crippen LogP contribution in [-0.4, -0.2) is 43.0 Å². The van der Waals surface area contributed by atoms with Gasteiger partial charge in [0.15, 0.2) is 5.13 Å². The molecule has 0 fully saturated rings. The molecule has 0 N–H and O–H groups in total. The molecule has 0 aliphatic rings. The summed E-state index contributed by atoms with van der Waals surface area (Å²) >= 11 is 5.04. The van der Waals surface area contributed by atoms with Crippen molar-refractivity contribution in [3.05, 3.63) is 57.6 Å². The number of hydrogen-bond donors (Lipinski definition) is 0. The third-order valence-electron chi connectivity index (χ3n) is 4.53. The van der Waals surface area contributed by atoms with E-state index in [0.717, 1.165) is 32.8 Å². The highest BCUT2D eigenvalue weighted by atomic mass is 79.9. The van der Waals surface area contributed by atoms with Crippen LogP contribution in [-0.2, 0) is 0 Å². The third kappa shape index (κ3) is 4.75. The number of rotatable bonds is 6. The molecule has 3 aromatic rings. The van der Waals surface area contributed by atoms with Crippen LogP contribution in [0.4, 0.5) is 5.13 Å². The van der Waals surface area contributed by atoms with E-state index < -0.39 is 0 Å². The summed E-state index contributed by atoms with van der Waals surface area (Å²) in [5, 5.41) is 0.763. The number of carbonyl (C=O) groups is 1. The molecule has 1 heterocycles. The van der Waals surface area contributed by atoms with Crippen molar-refractivity contribution in [2.75, 3.05) is 32.1 Å². The molecular weight excluding hydrogens is 422 g/mol. The maximum Gasteiger partial charge on any atom is 0.260 e. The van der Waals surface area contributed by atoms with Crippen LogP contribution < -0.4 is 4.90 Å². The molecule has 0 saturated heterocycles. The van der Waals surface area contributed by atoms with Gasteiger partial charge in [0, 0.05) is 16.6 Å². The summed E-state index contributed by atoms with van der Waals surface area (Å²) in [7, 11) is 4.09. The molecular formula is C21H24BrN3OS. The summed E-state index contributed by atoms with van der Waals surface area (Å²) in [6, 6.07) is 11.8. The number of aryl methyl sites for hydroxylation is 2. The molecule has 0 atom stereocenters. The average molecular weight is 446 g/mol. The van der Waals surface area contributed by atoms with E-state index >= 15 is 0 Å². The van der Waals surface area contributed by atoms with Crippen LogP contribution in [0.2, 0.25) is 0 Å². The second-order valence-electron chi connectivity index (χ2n) is 7.02. The maximum atomic E-state index is 13.2. The first-order valence-electron chi connectivity index (χ1n) is 8.95. The first-order chi connectivity index (χ1) is 12.8. The Kier molecular flexibility index (Phi) is 6.29. The maximum absolute atomic E-state index is 13.2. The minimum atomic E-state index is -0.0115. The summed E-state index contributed by atoms with van der Waals surface area (Å²) in [5.41, 5.74) is 4.09. The second kappa shape index (κ2) is 8.50. The van der Waals surface area contributed by atoms with Gasteiger partial charge in [-0.15, -0.1) is 0 Å². The van der Waals surface area contributed by atoms with Crippen molar-refractivity contribution in [1.29, 1.82) is 0 Å². The summed E-state index contributed by atoms with van der Waals surface area (Å²) in [6.07, 6.45) is 0.890. The molecule has 4 nitrogen and oxygen atoms in total. The van der Waals surface area contributed by atoms with Crippen molar-refractivity contribution in [1.82, 2.24) is 9.88 Å². The molecule has 27 heavy (non-hydrogen) atoms. The molecule has 142 valence electrons. The lowest BCUT2D eigenvalue weighted by Gasteiger charge is -2.21. The summed E-state index contributed by atoms with van der Waals surface area (Å²) in [6.45, 7) is 5.76.